The molecule has 0 bridgehead atoms. The van der Waals surface area contributed by atoms with Crippen molar-refractivity contribution >= 4 is 47.0 Å². The van der Waals surface area contributed by atoms with Crippen LogP contribution in [0.1, 0.15) is 56.0 Å². The third kappa shape index (κ3) is 7.39. The number of halogens is 4. The summed E-state index contributed by atoms with van der Waals surface area (Å²) in [6.07, 6.45) is -1.56. The van der Waals surface area contributed by atoms with Crippen molar-refractivity contribution in [2.45, 2.75) is 75.1 Å². The second-order valence-electron chi connectivity index (χ2n) is 10.6. The van der Waals surface area contributed by atoms with Gasteiger partial charge in [-0.25, -0.2) is 18.0 Å². The number of benzene rings is 2. The van der Waals surface area contributed by atoms with Gasteiger partial charge in [0.2, 0.25) is 5.92 Å². The number of nitrogens with one attached hydrogen (secondary N) is 2. The maximum atomic E-state index is 15.1. The van der Waals surface area contributed by atoms with Crippen molar-refractivity contribution in [1.29, 1.82) is 0 Å². The zero-order chi connectivity index (χ0) is 28.5. The summed E-state index contributed by atoms with van der Waals surface area (Å²) in [6, 6.07) is 7.38. The van der Waals surface area contributed by atoms with Gasteiger partial charge in [0.1, 0.15) is 17.5 Å². The molecule has 2 aliphatic rings. The van der Waals surface area contributed by atoms with Crippen LogP contribution in [0.25, 0.3) is 0 Å². The van der Waals surface area contributed by atoms with E-state index in [2.05, 4.69) is 10.6 Å². The maximum absolute atomic E-state index is 15.1. The van der Waals surface area contributed by atoms with E-state index in [9.17, 15) is 23.2 Å². The van der Waals surface area contributed by atoms with Gasteiger partial charge in [-0.2, -0.15) is 0 Å². The van der Waals surface area contributed by atoms with E-state index >= 15 is 4.39 Å². The molecule has 1 fully saturated rings. The Balaban J connectivity index is 1.66. The largest absolute Gasteiger partial charge is 0.444 e. The van der Waals surface area contributed by atoms with Crippen LogP contribution in [0.2, 0.25) is 5.02 Å². The van der Waals surface area contributed by atoms with E-state index in [1.54, 1.807) is 45.0 Å². The Hall–Kier alpha value is -2.92. The molecular weight excluding hydrogens is 555 g/mol. The number of rotatable bonds is 5. The number of nitrogens with zero attached hydrogens (tertiary/aromatic N) is 1. The van der Waals surface area contributed by atoms with Crippen LogP contribution in [0.5, 0.6) is 0 Å². The first-order chi connectivity index (χ1) is 18.2. The van der Waals surface area contributed by atoms with Crippen molar-refractivity contribution in [1.82, 2.24) is 10.6 Å². The molecule has 210 valence electrons. The second kappa shape index (κ2) is 11.3. The zero-order valence-corrected chi connectivity index (χ0v) is 23.2. The van der Waals surface area contributed by atoms with Gasteiger partial charge >= 0.3 is 6.09 Å². The Morgan fingerprint density at radius 1 is 1.18 bits per heavy atom. The number of carbonyl (C=O) groups excluding carboxylic acids is 3. The number of alkyl halides is 2. The summed E-state index contributed by atoms with van der Waals surface area (Å²) in [5.41, 5.74) is -0.190. The van der Waals surface area contributed by atoms with E-state index < -0.39 is 53.8 Å². The average molecular weight is 584 g/mol. The SMILES string of the molecule is CC(C)(C)OC(=O)N[C@H]1CSc2cc(F)c(C(=O)NC3CCC(F)(F)C3)cc2N(Cc2ccc(Cl)cc2)C1=O. The summed E-state index contributed by atoms with van der Waals surface area (Å²) < 4.78 is 47.7. The number of hydrogen-bond donors (Lipinski definition) is 2. The van der Waals surface area contributed by atoms with Crippen molar-refractivity contribution in [2.75, 3.05) is 10.7 Å². The molecule has 2 N–H and O–H groups in total. The summed E-state index contributed by atoms with van der Waals surface area (Å²) in [4.78, 5) is 40.9. The smallest absolute Gasteiger partial charge is 0.408 e. The van der Waals surface area contributed by atoms with E-state index in [1.807, 2.05) is 0 Å². The predicted octanol–water partition coefficient (Wildman–Crippen LogP) is 5.93. The first kappa shape index (κ1) is 29.1. The molecule has 1 aliphatic carbocycles. The molecule has 0 spiro atoms. The predicted molar refractivity (Wildman–Crippen MR) is 143 cm³/mol. The monoisotopic (exact) mass is 583 g/mol. The van der Waals surface area contributed by atoms with Crippen LogP contribution in [0.4, 0.5) is 23.7 Å². The molecule has 12 heteroatoms. The molecule has 0 aromatic heterocycles. The van der Waals surface area contributed by atoms with Crippen molar-refractivity contribution < 1.29 is 32.3 Å². The molecule has 1 heterocycles. The van der Waals surface area contributed by atoms with Crippen LogP contribution in [0.15, 0.2) is 41.3 Å². The minimum Gasteiger partial charge on any atom is -0.444 e. The number of hydrogen-bond acceptors (Lipinski definition) is 5. The molecule has 2 aromatic rings. The molecule has 39 heavy (non-hydrogen) atoms. The minimum atomic E-state index is -2.88. The molecule has 2 aromatic carbocycles. The van der Waals surface area contributed by atoms with Gasteiger partial charge in [-0.15, -0.1) is 11.8 Å². The van der Waals surface area contributed by atoms with E-state index in [-0.39, 0.29) is 36.4 Å². The average Bonchev–Trinajstić information content (AvgIpc) is 3.12. The van der Waals surface area contributed by atoms with Gasteiger partial charge in [-0.3, -0.25) is 9.59 Å². The Labute approximate surface area is 233 Å². The Bertz CT molecular complexity index is 1270. The Morgan fingerprint density at radius 2 is 1.87 bits per heavy atom. The van der Waals surface area contributed by atoms with Crippen LogP contribution in [-0.2, 0) is 16.1 Å². The van der Waals surface area contributed by atoms with Crippen LogP contribution in [0.3, 0.4) is 0 Å². The molecule has 1 unspecified atom stereocenters. The molecule has 0 saturated heterocycles. The van der Waals surface area contributed by atoms with Gasteiger partial charge in [0, 0.05) is 34.6 Å². The van der Waals surface area contributed by atoms with Crippen molar-refractivity contribution in [2.24, 2.45) is 0 Å². The number of anilines is 1. The van der Waals surface area contributed by atoms with E-state index in [4.69, 9.17) is 16.3 Å². The number of thioether (sulfide) groups is 1. The first-order valence-corrected chi connectivity index (χ1v) is 13.8. The van der Waals surface area contributed by atoms with Crippen molar-refractivity contribution in [3.8, 4) is 0 Å². The van der Waals surface area contributed by atoms with E-state index in [1.165, 1.54) is 11.0 Å². The van der Waals surface area contributed by atoms with Gasteiger partial charge in [0.15, 0.2) is 0 Å². The Kier molecular flexibility index (Phi) is 8.41. The molecule has 7 nitrogen and oxygen atoms in total. The molecule has 2 atom stereocenters. The highest BCUT2D eigenvalue weighted by Gasteiger charge is 2.40. The molecule has 3 amide bonds. The first-order valence-electron chi connectivity index (χ1n) is 12.4. The fraction of sp³-hybridized carbons (Fsp3) is 0.444. The molecular formula is C27H29ClF3N3O4S. The van der Waals surface area contributed by atoms with Gasteiger partial charge in [0.05, 0.1) is 17.8 Å². The zero-order valence-electron chi connectivity index (χ0n) is 21.7. The molecule has 1 saturated carbocycles. The molecule has 1 aliphatic heterocycles. The highest BCUT2D eigenvalue weighted by Crippen LogP contribution is 2.38. The summed E-state index contributed by atoms with van der Waals surface area (Å²) in [5, 5.41) is 5.59. The number of carbonyl (C=O) groups is 3. The van der Waals surface area contributed by atoms with Crippen LogP contribution >= 0.6 is 23.4 Å². The van der Waals surface area contributed by atoms with Crippen molar-refractivity contribution in [3.63, 3.8) is 0 Å². The number of alkyl carbamates (subject to hydrolysis) is 1. The van der Waals surface area contributed by atoms with Crippen LogP contribution in [-0.4, -0.2) is 47.3 Å². The standard InChI is InChI=1S/C27H29ClF3N3O4S/c1-26(2,3)38-25(37)33-20-14-39-22-11-19(29)18(23(35)32-17-8-9-27(30,31)12-17)10-21(22)34(24(20)36)13-15-4-6-16(28)7-5-15/h4-7,10-11,17,20H,8-9,12-14H2,1-3H3,(H,32,35)(H,33,37)/t17?,20-/m0/s1. The van der Waals surface area contributed by atoms with Crippen molar-refractivity contribution in [3.05, 3.63) is 58.4 Å². The van der Waals surface area contributed by atoms with Crippen LogP contribution in [0, 0.1) is 5.82 Å². The van der Waals surface area contributed by atoms with Crippen LogP contribution < -0.4 is 15.5 Å². The summed E-state index contributed by atoms with van der Waals surface area (Å²) in [7, 11) is 0. The number of fused-ring (bicyclic) bond motifs is 1. The third-order valence-electron chi connectivity index (χ3n) is 6.24. The number of ether oxygens (including phenoxy) is 1. The summed E-state index contributed by atoms with van der Waals surface area (Å²) >= 11 is 7.15. The molecule has 4 rings (SSSR count). The minimum absolute atomic E-state index is 0.0393. The lowest BCUT2D eigenvalue weighted by Gasteiger charge is -2.27. The topological polar surface area (TPSA) is 87.7 Å². The highest BCUT2D eigenvalue weighted by molar-refractivity contribution is 7.99. The Morgan fingerprint density at radius 3 is 2.49 bits per heavy atom. The normalized spacial score (nSPS) is 20.7. The van der Waals surface area contributed by atoms with Gasteiger partial charge < -0.3 is 20.3 Å². The quantitative estimate of drug-likeness (QED) is 0.456. The highest BCUT2D eigenvalue weighted by atomic mass is 35.5. The van der Waals surface area contributed by atoms with E-state index in [0.717, 1.165) is 17.8 Å². The lowest BCUT2D eigenvalue weighted by Crippen LogP contribution is -2.50. The fourth-order valence-electron chi connectivity index (χ4n) is 4.42. The summed E-state index contributed by atoms with van der Waals surface area (Å²) in [6.45, 7) is 5.13. The number of amides is 3. The summed E-state index contributed by atoms with van der Waals surface area (Å²) in [5.74, 6) is -4.96. The van der Waals surface area contributed by atoms with Gasteiger partial charge in [-0.05, 0) is 57.0 Å². The maximum Gasteiger partial charge on any atom is 0.408 e. The lowest BCUT2D eigenvalue weighted by atomic mass is 10.1. The second-order valence-corrected chi connectivity index (χ2v) is 12.1. The fourth-order valence-corrected chi connectivity index (χ4v) is 5.62. The lowest BCUT2D eigenvalue weighted by molar-refractivity contribution is -0.120. The van der Waals surface area contributed by atoms with Gasteiger partial charge in [0.25, 0.3) is 11.8 Å². The van der Waals surface area contributed by atoms with Gasteiger partial charge in [-0.1, -0.05) is 23.7 Å². The van der Waals surface area contributed by atoms with E-state index in [0.29, 0.717) is 15.5 Å². The molecule has 0 radical (unpaired) electrons. The third-order valence-corrected chi connectivity index (χ3v) is 7.63.